The van der Waals surface area contributed by atoms with Gasteiger partial charge in [0, 0.05) is 18.3 Å². The van der Waals surface area contributed by atoms with Crippen molar-refractivity contribution in [2.45, 2.75) is 18.4 Å². The number of para-hydroxylation sites is 1. The van der Waals surface area contributed by atoms with Crippen LogP contribution in [0.5, 0.6) is 11.5 Å². The summed E-state index contributed by atoms with van der Waals surface area (Å²) in [6.45, 7) is 2.40. The summed E-state index contributed by atoms with van der Waals surface area (Å²) in [6.07, 6.45) is 0. The molecule has 0 bridgehead atoms. The van der Waals surface area contributed by atoms with Crippen LogP contribution in [0.25, 0.3) is 0 Å². The van der Waals surface area contributed by atoms with Gasteiger partial charge in [-0.2, -0.15) is 0 Å². The summed E-state index contributed by atoms with van der Waals surface area (Å²) >= 11 is 0. The Morgan fingerprint density at radius 2 is 1.67 bits per heavy atom. The van der Waals surface area contributed by atoms with Gasteiger partial charge in [-0.3, -0.25) is 0 Å². The zero-order chi connectivity index (χ0) is 21.4. The van der Waals surface area contributed by atoms with Gasteiger partial charge in [0.15, 0.2) is 5.96 Å². The van der Waals surface area contributed by atoms with E-state index in [2.05, 4.69) is 15.0 Å². The molecule has 0 aliphatic heterocycles. The number of sulfonamides is 1. The molecular formula is C22H24N4O3S. The lowest BCUT2D eigenvalue weighted by molar-refractivity contribution is 0.483. The highest BCUT2D eigenvalue weighted by molar-refractivity contribution is 7.89. The van der Waals surface area contributed by atoms with Gasteiger partial charge in [-0.25, -0.2) is 18.1 Å². The van der Waals surface area contributed by atoms with Crippen molar-refractivity contribution in [1.82, 2.24) is 4.72 Å². The van der Waals surface area contributed by atoms with Crippen molar-refractivity contribution in [3.63, 3.8) is 0 Å². The largest absolute Gasteiger partial charge is 0.457 e. The van der Waals surface area contributed by atoms with Crippen molar-refractivity contribution >= 4 is 21.7 Å². The standard InChI is InChI=1S/C22H24N4O3S/c1-2-25-30(27,28)21-13-11-17(12-14-21)16-24-22(23)26-18-7-6-10-20(15-18)29-19-8-4-3-5-9-19/h3-15,25H,2,16H2,1H3,(H3,23,24,26). The van der Waals surface area contributed by atoms with Crippen LogP contribution in [0, 0.1) is 0 Å². The summed E-state index contributed by atoms with van der Waals surface area (Å²) in [6, 6.07) is 23.4. The fraction of sp³-hybridized carbons (Fsp3) is 0.136. The van der Waals surface area contributed by atoms with Gasteiger partial charge < -0.3 is 15.8 Å². The number of hydrogen-bond acceptors (Lipinski definition) is 4. The van der Waals surface area contributed by atoms with Crippen LogP contribution in [0.2, 0.25) is 0 Å². The molecule has 0 amide bonds. The lowest BCUT2D eigenvalue weighted by Crippen LogP contribution is -2.23. The summed E-state index contributed by atoms with van der Waals surface area (Å²) in [5, 5.41) is 3.03. The molecule has 3 rings (SSSR count). The Morgan fingerprint density at radius 3 is 2.37 bits per heavy atom. The van der Waals surface area contributed by atoms with E-state index < -0.39 is 10.0 Å². The topological polar surface area (TPSA) is 106 Å². The minimum Gasteiger partial charge on any atom is -0.457 e. The van der Waals surface area contributed by atoms with E-state index in [-0.39, 0.29) is 10.9 Å². The molecule has 3 aromatic carbocycles. The minimum atomic E-state index is -3.46. The summed E-state index contributed by atoms with van der Waals surface area (Å²) < 4.78 is 32.2. The normalized spacial score (nSPS) is 11.8. The molecule has 30 heavy (non-hydrogen) atoms. The zero-order valence-corrected chi connectivity index (χ0v) is 17.4. The number of nitrogens with two attached hydrogens (primary N) is 1. The van der Waals surface area contributed by atoms with Crippen molar-refractivity contribution in [1.29, 1.82) is 0 Å². The second-order valence-corrected chi connectivity index (χ2v) is 8.18. The maximum absolute atomic E-state index is 12.0. The molecule has 0 atom stereocenters. The summed E-state index contributed by atoms with van der Waals surface area (Å²) in [5.74, 6) is 1.67. The predicted molar refractivity (Wildman–Crippen MR) is 119 cm³/mol. The SMILES string of the molecule is CCNS(=O)(=O)c1ccc(CN=C(N)Nc2cccc(Oc3ccccc3)c2)cc1. The Kier molecular flexibility index (Phi) is 7.05. The lowest BCUT2D eigenvalue weighted by Gasteiger charge is -2.09. The Hall–Kier alpha value is -3.36. The molecule has 0 saturated carbocycles. The van der Waals surface area contributed by atoms with E-state index in [0.29, 0.717) is 18.8 Å². The molecule has 8 heteroatoms. The highest BCUT2D eigenvalue weighted by Crippen LogP contribution is 2.23. The Balaban J connectivity index is 1.61. The Labute approximate surface area is 176 Å². The lowest BCUT2D eigenvalue weighted by atomic mass is 10.2. The van der Waals surface area contributed by atoms with Crippen LogP contribution in [-0.2, 0) is 16.6 Å². The molecule has 0 aliphatic carbocycles. The fourth-order valence-corrected chi connectivity index (χ4v) is 3.71. The average Bonchev–Trinajstić information content (AvgIpc) is 2.73. The first kappa shape index (κ1) is 21.4. The quantitative estimate of drug-likeness (QED) is 0.378. The average molecular weight is 425 g/mol. The van der Waals surface area contributed by atoms with E-state index in [4.69, 9.17) is 10.5 Å². The molecule has 0 fully saturated rings. The molecule has 7 nitrogen and oxygen atoms in total. The van der Waals surface area contributed by atoms with Gasteiger partial charge in [-0.1, -0.05) is 43.3 Å². The van der Waals surface area contributed by atoms with E-state index in [0.717, 1.165) is 17.0 Å². The van der Waals surface area contributed by atoms with Gasteiger partial charge in [0.1, 0.15) is 11.5 Å². The van der Waals surface area contributed by atoms with Gasteiger partial charge in [-0.15, -0.1) is 0 Å². The van der Waals surface area contributed by atoms with E-state index in [1.807, 2.05) is 54.6 Å². The number of anilines is 1. The zero-order valence-electron chi connectivity index (χ0n) is 16.6. The Bertz CT molecular complexity index is 1100. The second kappa shape index (κ2) is 9.91. The van der Waals surface area contributed by atoms with E-state index in [1.165, 1.54) is 0 Å². The van der Waals surface area contributed by atoms with E-state index >= 15 is 0 Å². The van der Waals surface area contributed by atoms with E-state index in [9.17, 15) is 8.42 Å². The smallest absolute Gasteiger partial charge is 0.240 e. The third-order valence-corrected chi connectivity index (χ3v) is 5.65. The number of nitrogens with one attached hydrogen (secondary N) is 2. The number of benzene rings is 3. The first-order valence-corrected chi connectivity index (χ1v) is 10.9. The number of hydrogen-bond donors (Lipinski definition) is 3. The molecular weight excluding hydrogens is 400 g/mol. The molecule has 156 valence electrons. The molecule has 0 aliphatic rings. The highest BCUT2D eigenvalue weighted by atomic mass is 32.2. The molecule has 0 unspecified atom stereocenters. The first-order chi connectivity index (χ1) is 14.5. The Morgan fingerprint density at radius 1 is 0.967 bits per heavy atom. The number of aliphatic imine (C=N–C) groups is 1. The predicted octanol–water partition coefficient (Wildman–Crippen LogP) is 3.70. The van der Waals surface area contributed by atoms with Crippen LogP contribution < -0.4 is 20.5 Å². The molecule has 0 saturated heterocycles. The van der Waals surface area contributed by atoms with E-state index in [1.54, 1.807) is 31.2 Å². The van der Waals surface area contributed by atoms with Crippen LogP contribution in [0.3, 0.4) is 0 Å². The van der Waals surface area contributed by atoms with Crippen LogP contribution in [0.15, 0.2) is 88.8 Å². The number of guanidine groups is 1. The third-order valence-electron chi connectivity index (χ3n) is 4.09. The highest BCUT2D eigenvalue weighted by Gasteiger charge is 2.11. The van der Waals surface area contributed by atoms with Gasteiger partial charge in [0.2, 0.25) is 10.0 Å². The maximum Gasteiger partial charge on any atom is 0.240 e. The van der Waals surface area contributed by atoms with Crippen LogP contribution in [0.1, 0.15) is 12.5 Å². The van der Waals surface area contributed by atoms with Crippen molar-refractivity contribution in [2.24, 2.45) is 10.7 Å². The van der Waals surface area contributed by atoms with Crippen molar-refractivity contribution in [3.8, 4) is 11.5 Å². The molecule has 4 N–H and O–H groups in total. The number of nitrogens with zero attached hydrogens (tertiary/aromatic N) is 1. The maximum atomic E-state index is 12.0. The molecule has 0 spiro atoms. The van der Waals surface area contributed by atoms with Crippen LogP contribution >= 0.6 is 0 Å². The number of rotatable bonds is 8. The van der Waals surface area contributed by atoms with Crippen molar-refractivity contribution in [3.05, 3.63) is 84.4 Å². The molecule has 0 aromatic heterocycles. The van der Waals surface area contributed by atoms with Gasteiger partial charge in [0.25, 0.3) is 0 Å². The van der Waals surface area contributed by atoms with Crippen molar-refractivity contribution < 1.29 is 13.2 Å². The fourth-order valence-electron chi connectivity index (χ4n) is 2.67. The second-order valence-electron chi connectivity index (χ2n) is 6.41. The molecule has 3 aromatic rings. The summed E-state index contributed by atoms with van der Waals surface area (Å²) in [4.78, 5) is 4.53. The van der Waals surface area contributed by atoms with Gasteiger partial charge in [0.05, 0.1) is 11.4 Å². The third kappa shape index (κ3) is 6.07. The van der Waals surface area contributed by atoms with Gasteiger partial charge in [-0.05, 0) is 42.0 Å². The minimum absolute atomic E-state index is 0.221. The van der Waals surface area contributed by atoms with Crippen LogP contribution in [0.4, 0.5) is 5.69 Å². The van der Waals surface area contributed by atoms with Crippen LogP contribution in [-0.4, -0.2) is 20.9 Å². The molecule has 0 heterocycles. The van der Waals surface area contributed by atoms with Crippen molar-refractivity contribution in [2.75, 3.05) is 11.9 Å². The van der Waals surface area contributed by atoms with Gasteiger partial charge >= 0.3 is 0 Å². The summed E-state index contributed by atoms with van der Waals surface area (Å²) in [5.41, 5.74) is 7.58. The monoisotopic (exact) mass is 424 g/mol. The molecule has 0 radical (unpaired) electrons. The first-order valence-electron chi connectivity index (χ1n) is 9.45. The number of ether oxygens (including phenoxy) is 1. The summed E-state index contributed by atoms with van der Waals surface area (Å²) in [7, 11) is -3.46.